The van der Waals surface area contributed by atoms with Crippen LogP contribution in [0.2, 0.25) is 0 Å². The van der Waals surface area contributed by atoms with E-state index < -0.39 is 0 Å². The van der Waals surface area contributed by atoms with Crippen molar-refractivity contribution in [1.29, 1.82) is 5.41 Å². The van der Waals surface area contributed by atoms with Gasteiger partial charge in [-0.1, -0.05) is 12.1 Å². The largest absolute Gasteiger partial charge is 0.399 e. The van der Waals surface area contributed by atoms with Crippen molar-refractivity contribution in [3.05, 3.63) is 34.7 Å². The van der Waals surface area contributed by atoms with Gasteiger partial charge in [0.25, 0.3) is 5.91 Å². The molecule has 1 aliphatic heterocycles. The lowest BCUT2D eigenvalue weighted by molar-refractivity contribution is -0.115. The van der Waals surface area contributed by atoms with Gasteiger partial charge in [-0.2, -0.15) is 0 Å². The highest BCUT2D eigenvalue weighted by Crippen LogP contribution is 2.24. The highest BCUT2D eigenvalue weighted by molar-refractivity contribution is 8.18. The lowest BCUT2D eigenvalue weighted by atomic mass is 10.2. The minimum atomic E-state index is -0.221. The van der Waals surface area contributed by atoms with Crippen molar-refractivity contribution in [1.82, 2.24) is 5.32 Å². The van der Waals surface area contributed by atoms with E-state index in [1.54, 1.807) is 18.2 Å². The number of benzene rings is 1. The van der Waals surface area contributed by atoms with Crippen LogP contribution in [-0.2, 0) is 4.79 Å². The van der Waals surface area contributed by atoms with Gasteiger partial charge in [0.05, 0.1) is 4.91 Å². The molecule has 1 fully saturated rings. The van der Waals surface area contributed by atoms with Crippen LogP contribution < -0.4 is 11.1 Å². The molecule has 1 heterocycles. The molecule has 4 N–H and O–H groups in total. The van der Waals surface area contributed by atoms with Crippen LogP contribution >= 0.6 is 11.8 Å². The first kappa shape index (κ1) is 9.79. The monoisotopic (exact) mass is 219 g/mol. The predicted octanol–water partition coefficient (Wildman–Crippen LogP) is 1.41. The second-order valence-corrected chi connectivity index (χ2v) is 4.11. The van der Waals surface area contributed by atoms with Gasteiger partial charge in [0.15, 0.2) is 5.17 Å². The average molecular weight is 219 g/mol. The van der Waals surface area contributed by atoms with Crippen LogP contribution in [0.3, 0.4) is 0 Å². The fourth-order valence-electron chi connectivity index (χ4n) is 1.19. The van der Waals surface area contributed by atoms with E-state index in [-0.39, 0.29) is 11.1 Å². The second kappa shape index (κ2) is 3.78. The molecule has 0 aliphatic carbocycles. The standard InChI is InChI=1S/C10H9N3OS/c11-7-3-1-6(2-4-7)5-8-9(14)13-10(12)15-8/h1-5H,11H2,(H2,12,13,14)/b8-5-. The van der Waals surface area contributed by atoms with E-state index in [0.717, 1.165) is 17.3 Å². The molecule has 2 rings (SSSR count). The number of nitrogen functional groups attached to an aromatic ring is 1. The van der Waals surface area contributed by atoms with Crippen molar-refractivity contribution in [3.63, 3.8) is 0 Å². The molecule has 0 spiro atoms. The van der Waals surface area contributed by atoms with E-state index in [0.29, 0.717) is 10.6 Å². The molecule has 1 saturated heterocycles. The number of amidine groups is 1. The number of hydrogen-bond donors (Lipinski definition) is 3. The molecule has 1 aromatic rings. The number of anilines is 1. The first-order valence-corrected chi connectivity index (χ1v) is 5.12. The molecule has 1 amide bonds. The zero-order valence-corrected chi connectivity index (χ0v) is 8.60. The number of nitrogens with two attached hydrogens (primary N) is 1. The second-order valence-electron chi connectivity index (χ2n) is 3.06. The molecule has 0 unspecified atom stereocenters. The number of carbonyl (C=O) groups is 1. The summed E-state index contributed by atoms with van der Waals surface area (Å²) in [6.45, 7) is 0. The number of amides is 1. The summed E-state index contributed by atoms with van der Waals surface area (Å²) in [5.74, 6) is -0.221. The maximum absolute atomic E-state index is 11.3. The summed E-state index contributed by atoms with van der Waals surface area (Å²) in [5.41, 5.74) is 7.13. The summed E-state index contributed by atoms with van der Waals surface area (Å²) in [6, 6.07) is 7.21. The fraction of sp³-hybridized carbons (Fsp3) is 0. The normalized spacial score (nSPS) is 18.3. The third-order valence-corrected chi connectivity index (χ3v) is 2.73. The molecule has 76 valence electrons. The van der Waals surface area contributed by atoms with Crippen molar-refractivity contribution in [2.75, 3.05) is 5.73 Å². The zero-order chi connectivity index (χ0) is 10.8. The van der Waals surface area contributed by atoms with E-state index in [4.69, 9.17) is 11.1 Å². The van der Waals surface area contributed by atoms with Crippen molar-refractivity contribution < 1.29 is 4.79 Å². The summed E-state index contributed by atoms with van der Waals surface area (Å²) in [7, 11) is 0. The quantitative estimate of drug-likeness (QED) is 0.493. The number of nitrogens with one attached hydrogen (secondary N) is 2. The summed E-state index contributed by atoms with van der Waals surface area (Å²) in [6.07, 6.45) is 1.74. The molecule has 0 saturated carbocycles. The number of carbonyl (C=O) groups excluding carboxylic acids is 1. The number of rotatable bonds is 1. The molecule has 5 heteroatoms. The average Bonchev–Trinajstić information content (AvgIpc) is 2.49. The Labute approximate surface area is 91.1 Å². The highest BCUT2D eigenvalue weighted by atomic mass is 32.2. The van der Waals surface area contributed by atoms with Crippen LogP contribution in [0.5, 0.6) is 0 Å². The SMILES string of the molecule is N=C1NC(=O)/C(=C/c2ccc(N)cc2)S1. The van der Waals surface area contributed by atoms with Crippen molar-refractivity contribution in [2.24, 2.45) is 0 Å². The van der Waals surface area contributed by atoms with Crippen LogP contribution in [0, 0.1) is 5.41 Å². The number of hydrogen-bond acceptors (Lipinski definition) is 4. The van der Waals surface area contributed by atoms with Gasteiger partial charge in [-0.25, -0.2) is 0 Å². The molecule has 0 atom stereocenters. The van der Waals surface area contributed by atoms with Gasteiger partial charge in [0.1, 0.15) is 0 Å². The first-order valence-electron chi connectivity index (χ1n) is 4.30. The molecule has 0 radical (unpaired) electrons. The van der Waals surface area contributed by atoms with Gasteiger partial charge in [-0.3, -0.25) is 10.2 Å². The Kier molecular flexibility index (Phi) is 2.47. The molecule has 0 bridgehead atoms. The van der Waals surface area contributed by atoms with Crippen LogP contribution in [0.4, 0.5) is 5.69 Å². The van der Waals surface area contributed by atoms with Crippen LogP contribution in [0.15, 0.2) is 29.2 Å². The summed E-state index contributed by atoms with van der Waals surface area (Å²) >= 11 is 1.13. The Morgan fingerprint density at radius 3 is 2.53 bits per heavy atom. The third kappa shape index (κ3) is 2.19. The van der Waals surface area contributed by atoms with Gasteiger partial charge in [-0.15, -0.1) is 0 Å². The van der Waals surface area contributed by atoms with Crippen molar-refractivity contribution >= 4 is 34.6 Å². The topological polar surface area (TPSA) is 79.0 Å². The van der Waals surface area contributed by atoms with E-state index in [1.807, 2.05) is 12.1 Å². The molecule has 4 nitrogen and oxygen atoms in total. The Morgan fingerprint density at radius 2 is 2.00 bits per heavy atom. The van der Waals surface area contributed by atoms with E-state index in [9.17, 15) is 4.79 Å². The maximum atomic E-state index is 11.3. The lowest BCUT2D eigenvalue weighted by Gasteiger charge is -1.95. The van der Waals surface area contributed by atoms with E-state index in [1.165, 1.54) is 0 Å². The van der Waals surface area contributed by atoms with Gasteiger partial charge in [0, 0.05) is 5.69 Å². The summed E-state index contributed by atoms with van der Waals surface area (Å²) < 4.78 is 0. The summed E-state index contributed by atoms with van der Waals surface area (Å²) in [5, 5.41) is 9.86. The lowest BCUT2D eigenvalue weighted by Crippen LogP contribution is -2.18. The Balaban J connectivity index is 2.27. The Bertz CT molecular complexity index is 450. The zero-order valence-electron chi connectivity index (χ0n) is 7.78. The van der Waals surface area contributed by atoms with Gasteiger partial charge in [0.2, 0.25) is 0 Å². The van der Waals surface area contributed by atoms with E-state index >= 15 is 0 Å². The highest BCUT2D eigenvalue weighted by Gasteiger charge is 2.21. The Morgan fingerprint density at radius 1 is 1.33 bits per heavy atom. The third-order valence-electron chi connectivity index (χ3n) is 1.90. The van der Waals surface area contributed by atoms with E-state index in [2.05, 4.69) is 5.32 Å². The van der Waals surface area contributed by atoms with Gasteiger partial charge in [-0.05, 0) is 35.5 Å². The smallest absolute Gasteiger partial charge is 0.264 e. The minimum Gasteiger partial charge on any atom is -0.399 e. The van der Waals surface area contributed by atoms with Crippen molar-refractivity contribution in [3.8, 4) is 0 Å². The van der Waals surface area contributed by atoms with Crippen LogP contribution in [0.1, 0.15) is 5.56 Å². The van der Waals surface area contributed by atoms with Crippen molar-refractivity contribution in [2.45, 2.75) is 0 Å². The predicted molar refractivity (Wildman–Crippen MR) is 62.3 cm³/mol. The molecular formula is C10H9N3OS. The van der Waals surface area contributed by atoms with Gasteiger partial charge >= 0.3 is 0 Å². The first-order chi connectivity index (χ1) is 7.15. The minimum absolute atomic E-state index is 0.168. The molecule has 1 aromatic carbocycles. The maximum Gasteiger partial charge on any atom is 0.264 e. The molecule has 1 aliphatic rings. The Hall–Kier alpha value is -1.75. The molecule has 0 aromatic heterocycles. The molecular weight excluding hydrogens is 210 g/mol. The van der Waals surface area contributed by atoms with Gasteiger partial charge < -0.3 is 11.1 Å². The van der Waals surface area contributed by atoms with Crippen LogP contribution in [0.25, 0.3) is 6.08 Å². The summed E-state index contributed by atoms with van der Waals surface area (Å²) in [4.78, 5) is 11.8. The number of thioether (sulfide) groups is 1. The molecule has 15 heavy (non-hydrogen) atoms. The fourth-order valence-corrected chi connectivity index (χ4v) is 1.89. The van der Waals surface area contributed by atoms with Crippen LogP contribution in [-0.4, -0.2) is 11.1 Å².